The van der Waals surface area contributed by atoms with Gasteiger partial charge in [0.15, 0.2) is 5.82 Å². The Labute approximate surface area is 169 Å². The molecular formula is C24H34N2O2. The second kappa shape index (κ2) is 11.6. The maximum atomic E-state index is 12.1. The first-order chi connectivity index (χ1) is 13.5. The molecule has 28 heavy (non-hydrogen) atoms. The van der Waals surface area contributed by atoms with Gasteiger partial charge in [-0.15, -0.1) is 0 Å². The number of carbonyl (C=O) groups is 1. The molecule has 0 aliphatic heterocycles. The molecule has 0 saturated heterocycles. The van der Waals surface area contributed by atoms with Crippen LogP contribution in [0.25, 0.3) is 11.4 Å². The van der Waals surface area contributed by atoms with Crippen LogP contribution < -0.4 is 0 Å². The lowest BCUT2D eigenvalue weighted by atomic mass is 10.00. The Kier molecular flexibility index (Phi) is 9.12. The van der Waals surface area contributed by atoms with E-state index in [1.807, 2.05) is 43.6 Å². The number of rotatable bonds is 11. The van der Waals surface area contributed by atoms with E-state index < -0.39 is 0 Å². The van der Waals surface area contributed by atoms with Crippen LogP contribution >= 0.6 is 0 Å². The summed E-state index contributed by atoms with van der Waals surface area (Å²) in [6.45, 7) is 8.83. The van der Waals surface area contributed by atoms with Gasteiger partial charge in [0.05, 0.1) is 12.5 Å². The predicted molar refractivity (Wildman–Crippen MR) is 114 cm³/mol. The first-order valence-corrected chi connectivity index (χ1v) is 10.6. The Morgan fingerprint density at radius 1 is 1.00 bits per heavy atom. The van der Waals surface area contributed by atoms with Gasteiger partial charge in [-0.2, -0.15) is 0 Å². The van der Waals surface area contributed by atoms with Gasteiger partial charge in [-0.25, -0.2) is 9.97 Å². The minimum absolute atomic E-state index is 0.119. The van der Waals surface area contributed by atoms with E-state index in [1.165, 1.54) is 24.8 Å². The topological polar surface area (TPSA) is 52.1 Å². The number of hydrogen-bond donors (Lipinski definition) is 0. The molecule has 4 nitrogen and oxygen atoms in total. The number of benzene rings is 1. The molecule has 0 fully saturated rings. The molecule has 4 heteroatoms. The summed E-state index contributed by atoms with van der Waals surface area (Å²) >= 11 is 0. The van der Waals surface area contributed by atoms with Gasteiger partial charge in [0.25, 0.3) is 0 Å². The molecule has 0 radical (unpaired) electrons. The fourth-order valence-corrected chi connectivity index (χ4v) is 2.92. The summed E-state index contributed by atoms with van der Waals surface area (Å²) in [6.07, 6.45) is 10.3. The van der Waals surface area contributed by atoms with Crippen molar-refractivity contribution in [2.45, 2.75) is 66.2 Å². The van der Waals surface area contributed by atoms with E-state index in [-0.39, 0.29) is 11.9 Å². The zero-order valence-corrected chi connectivity index (χ0v) is 17.8. The average Bonchev–Trinajstić information content (AvgIpc) is 2.73. The lowest BCUT2D eigenvalue weighted by Crippen LogP contribution is -2.19. The summed E-state index contributed by atoms with van der Waals surface area (Å²) in [5.41, 5.74) is 3.31. The summed E-state index contributed by atoms with van der Waals surface area (Å²) in [7, 11) is 0. The number of hydrogen-bond acceptors (Lipinski definition) is 4. The minimum atomic E-state index is -0.145. The molecule has 0 N–H and O–H groups in total. The van der Waals surface area contributed by atoms with Crippen molar-refractivity contribution in [1.82, 2.24) is 9.97 Å². The maximum absolute atomic E-state index is 12.1. The monoisotopic (exact) mass is 382 g/mol. The van der Waals surface area contributed by atoms with Crippen LogP contribution in [0.5, 0.6) is 0 Å². The molecule has 1 heterocycles. The van der Waals surface area contributed by atoms with Gasteiger partial charge in [-0.05, 0) is 36.3 Å². The summed E-state index contributed by atoms with van der Waals surface area (Å²) in [6, 6.07) is 8.15. The lowest BCUT2D eigenvalue weighted by Gasteiger charge is -2.14. The van der Waals surface area contributed by atoms with Gasteiger partial charge in [0.1, 0.15) is 0 Å². The van der Waals surface area contributed by atoms with E-state index in [4.69, 9.17) is 4.74 Å². The molecule has 2 rings (SSSR count). The Balaban J connectivity index is 1.89. The molecule has 0 bridgehead atoms. The highest BCUT2D eigenvalue weighted by Gasteiger charge is 2.16. The molecule has 2 atom stereocenters. The molecule has 1 aromatic heterocycles. The summed E-state index contributed by atoms with van der Waals surface area (Å²) in [4.78, 5) is 21.2. The summed E-state index contributed by atoms with van der Waals surface area (Å²) in [5.74, 6) is 0.889. The molecule has 152 valence electrons. The minimum Gasteiger partial charge on any atom is -0.465 e. The Morgan fingerprint density at radius 3 is 2.29 bits per heavy atom. The number of aromatic nitrogens is 2. The van der Waals surface area contributed by atoms with Crippen LogP contribution in [0.15, 0.2) is 36.7 Å². The molecule has 0 aliphatic carbocycles. The average molecular weight is 383 g/mol. The van der Waals surface area contributed by atoms with Crippen LogP contribution in [0.3, 0.4) is 0 Å². The van der Waals surface area contributed by atoms with Crippen LogP contribution in [0.1, 0.15) is 64.5 Å². The Hall–Kier alpha value is -2.23. The second-order valence-corrected chi connectivity index (χ2v) is 7.82. The fourth-order valence-electron chi connectivity index (χ4n) is 2.92. The number of carbonyl (C=O) groups excluding carboxylic acids is 1. The van der Waals surface area contributed by atoms with E-state index >= 15 is 0 Å². The highest BCUT2D eigenvalue weighted by molar-refractivity contribution is 5.72. The first kappa shape index (κ1) is 22.1. The van der Waals surface area contributed by atoms with Gasteiger partial charge >= 0.3 is 5.97 Å². The lowest BCUT2D eigenvalue weighted by molar-refractivity contribution is -0.149. The summed E-state index contributed by atoms with van der Waals surface area (Å²) in [5, 5.41) is 0. The van der Waals surface area contributed by atoms with Crippen molar-refractivity contribution < 1.29 is 9.53 Å². The van der Waals surface area contributed by atoms with Crippen molar-refractivity contribution in [3.8, 4) is 11.4 Å². The smallest absolute Gasteiger partial charge is 0.308 e. The molecule has 0 aliphatic rings. The van der Waals surface area contributed by atoms with Gasteiger partial charge < -0.3 is 4.74 Å². The second-order valence-electron chi connectivity index (χ2n) is 7.82. The van der Waals surface area contributed by atoms with Crippen molar-refractivity contribution in [3.05, 3.63) is 47.8 Å². The van der Waals surface area contributed by atoms with Crippen LogP contribution in [0.2, 0.25) is 0 Å². The highest BCUT2D eigenvalue weighted by atomic mass is 16.5. The zero-order chi connectivity index (χ0) is 20.4. The highest BCUT2D eigenvalue weighted by Crippen LogP contribution is 2.18. The van der Waals surface area contributed by atoms with E-state index in [9.17, 15) is 4.79 Å². The van der Waals surface area contributed by atoms with Gasteiger partial charge in [0, 0.05) is 18.0 Å². The van der Waals surface area contributed by atoms with Crippen molar-refractivity contribution in [3.63, 3.8) is 0 Å². The van der Waals surface area contributed by atoms with Crippen molar-refractivity contribution in [1.29, 1.82) is 0 Å². The Morgan fingerprint density at radius 2 is 1.68 bits per heavy atom. The Bertz CT molecular complexity index is 710. The van der Waals surface area contributed by atoms with Gasteiger partial charge in [-0.3, -0.25) is 4.79 Å². The zero-order valence-electron chi connectivity index (χ0n) is 17.8. The number of unbranched alkanes of at least 4 members (excludes halogenated alkanes) is 2. The van der Waals surface area contributed by atoms with E-state index in [0.29, 0.717) is 18.9 Å². The van der Waals surface area contributed by atoms with E-state index in [1.54, 1.807) is 0 Å². The third kappa shape index (κ3) is 7.06. The number of aryl methyl sites for hydroxylation is 1. The van der Waals surface area contributed by atoms with Crippen molar-refractivity contribution >= 4 is 5.97 Å². The van der Waals surface area contributed by atoms with Gasteiger partial charge in [-0.1, -0.05) is 71.2 Å². The van der Waals surface area contributed by atoms with Gasteiger partial charge in [0.2, 0.25) is 0 Å². The number of ether oxygens (including phenoxy) is 1. The van der Waals surface area contributed by atoms with E-state index in [2.05, 4.69) is 30.7 Å². The molecule has 1 aromatic carbocycles. The standard InChI is InChI=1S/C24H34N2O2/c1-5-7-8-9-21-15-25-23(26-16-21)22-12-10-20(11-13-22)14-19(4)24(27)28-17-18(3)6-2/h10-13,15-16,18-19H,5-9,14,17H2,1-4H3. The SMILES string of the molecule is CCCCCc1cnc(-c2ccc(CC(C)C(=O)OCC(C)CC)cc2)nc1. The number of nitrogens with zero attached hydrogens (tertiary/aromatic N) is 2. The van der Waals surface area contributed by atoms with Crippen molar-refractivity contribution in [2.75, 3.05) is 6.61 Å². The maximum Gasteiger partial charge on any atom is 0.308 e. The van der Waals surface area contributed by atoms with Crippen LogP contribution in [-0.2, 0) is 22.4 Å². The van der Waals surface area contributed by atoms with E-state index in [0.717, 1.165) is 29.8 Å². The molecule has 0 spiro atoms. The molecule has 2 aromatic rings. The van der Waals surface area contributed by atoms with Crippen LogP contribution in [0, 0.1) is 11.8 Å². The third-order valence-electron chi connectivity index (χ3n) is 5.14. The normalized spacial score (nSPS) is 13.1. The van der Waals surface area contributed by atoms with Crippen molar-refractivity contribution in [2.24, 2.45) is 11.8 Å². The molecular weight excluding hydrogens is 348 g/mol. The quantitative estimate of drug-likeness (QED) is 0.372. The van der Waals surface area contributed by atoms with Crippen LogP contribution in [0.4, 0.5) is 0 Å². The molecule has 2 unspecified atom stereocenters. The first-order valence-electron chi connectivity index (χ1n) is 10.6. The van der Waals surface area contributed by atoms with Crippen LogP contribution in [-0.4, -0.2) is 22.5 Å². The third-order valence-corrected chi connectivity index (χ3v) is 5.14. The predicted octanol–water partition coefficient (Wildman–Crippen LogP) is 5.64. The molecule has 0 saturated carbocycles. The largest absolute Gasteiger partial charge is 0.465 e. The number of esters is 1. The summed E-state index contributed by atoms with van der Waals surface area (Å²) < 4.78 is 5.41. The molecule has 0 amide bonds. The fraction of sp³-hybridized carbons (Fsp3) is 0.542.